The molecule has 0 radical (unpaired) electrons. The summed E-state index contributed by atoms with van der Waals surface area (Å²) in [6.07, 6.45) is 5.24. The average molecular weight is 465 g/mol. The summed E-state index contributed by atoms with van der Waals surface area (Å²) < 4.78 is 17.7. The van der Waals surface area contributed by atoms with Gasteiger partial charge in [-0.15, -0.1) is 0 Å². The summed E-state index contributed by atoms with van der Waals surface area (Å²) in [5, 5.41) is 3.59. The Labute approximate surface area is 197 Å². The molecular formula is C26H28N2O6. The number of fused-ring (bicyclic) bond motifs is 1. The van der Waals surface area contributed by atoms with Gasteiger partial charge in [0.2, 0.25) is 0 Å². The normalized spacial score (nSPS) is 13.6. The SMILES string of the molecule is COC(=O)c1ccc(Cn2cc(C(C)=O)c3ccc(NC(=O)OC4CCCC4)cc32)c(OC)c1. The number of nitrogens with zero attached hydrogens (tertiary/aromatic N) is 1. The highest BCUT2D eigenvalue weighted by atomic mass is 16.6. The molecule has 1 fully saturated rings. The summed E-state index contributed by atoms with van der Waals surface area (Å²) in [7, 11) is 2.86. The Morgan fingerprint density at radius 1 is 1.06 bits per heavy atom. The number of hydrogen-bond donors (Lipinski definition) is 1. The van der Waals surface area contributed by atoms with Gasteiger partial charge in [0.1, 0.15) is 11.9 Å². The van der Waals surface area contributed by atoms with Crippen LogP contribution in [0.5, 0.6) is 5.75 Å². The lowest BCUT2D eigenvalue weighted by Gasteiger charge is -2.14. The molecule has 1 aliphatic carbocycles. The summed E-state index contributed by atoms with van der Waals surface area (Å²) >= 11 is 0. The monoisotopic (exact) mass is 464 g/mol. The van der Waals surface area contributed by atoms with Crippen LogP contribution in [0.25, 0.3) is 10.9 Å². The first-order chi connectivity index (χ1) is 16.4. The summed E-state index contributed by atoms with van der Waals surface area (Å²) in [5.41, 5.74) is 3.15. The average Bonchev–Trinajstić information content (AvgIpc) is 3.46. The van der Waals surface area contributed by atoms with Gasteiger partial charge in [0, 0.05) is 28.4 Å². The Kier molecular flexibility index (Phi) is 6.86. The van der Waals surface area contributed by atoms with Crippen molar-refractivity contribution in [3.63, 3.8) is 0 Å². The molecule has 2 aromatic carbocycles. The van der Waals surface area contributed by atoms with Crippen molar-refractivity contribution in [2.45, 2.75) is 45.3 Å². The van der Waals surface area contributed by atoms with Gasteiger partial charge in [-0.25, -0.2) is 9.59 Å². The number of ketones is 1. The fraction of sp³-hybridized carbons (Fsp3) is 0.346. The molecule has 0 bridgehead atoms. The van der Waals surface area contributed by atoms with Gasteiger partial charge in [-0.2, -0.15) is 0 Å². The summed E-state index contributed by atoms with van der Waals surface area (Å²) in [5.74, 6) is 0.0250. The number of nitrogens with one attached hydrogen (secondary N) is 1. The van der Waals surface area contributed by atoms with Crippen LogP contribution in [-0.4, -0.2) is 42.7 Å². The van der Waals surface area contributed by atoms with Gasteiger partial charge in [-0.3, -0.25) is 10.1 Å². The zero-order valence-electron chi connectivity index (χ0n) is 19.6. The van der Waals surface area contributed by atoms with E-state index in [1.54, 1.807) is 30.5 Å². The Morgan fingerprint density at radius 2 is 1.82 bits per heavy atom. The minimum Gasteiger partial charge on any atom is -0.496 e. The van der Waals surface area contributed by atoms with E-state index in [0.717, 1.165) is 42.1 Å². The lowest BCUT2D eigenvalue weighted by atomic mass is 10.1. The fourth-order valence-corrected chi connectivity index (χ4v) is 4.39. The Hall–Kier alpha value is -3.81. The maximum Gasteiger partial charge on any atom is 0.411 e. The Balaban J connectivity index is 1.65. The zero-order valence-corrected chi connectivity index (χ0v) is 19.6. The smallest absolute Gasteiger partial charge is 0.411 e. The van der Waals surface area contributed by atoms with Crippen molar-refractivity contribution < 1.29 is 28.6 Å². The van der Waals surface area contributed by atoms with E-state index >= 15 is 0 Å². The van der Waals surface area contributed by atoms with Crippen LogP contribution in [0.1, 0.15) is 58.9 Å². The zero-order chi connectivity index (χ0) is 24.2. The predicted octanol–water partition coefficient (Wildman–Crippen LogP) is 5.18. The largest absolute Gasteiger partial charge is 0.496 e. The molecule has 8 nitrogen and oxygen atoms in total. The first-order valence-corrected chi connectivity index (χ1v) is 11.3. The second-order valence-corrected chi connectivity index (χ2v) is 8.41. The molecule has 0 spiro atoms. The highest BCUT2D eigenvalue weighted by Crippen LogP contribution is 2.29. The van der Waals surface area contributed by atoms with E-state index in [0.29, 0.717) is 29.1 Å². The van der Waals surface area contributed by atoms with Crippen molar-refractivity contribution in [2.24, 2.45) is 0 Å². The lowest BCUT2D eigenvalue weighted by molar-refractivity contribution is 0.0600. The number of rotatable bonds is 7. The number of Topliss-reactive ketones (excluding diaryl/α,β-unsaturated/α-hetero) is 1. The van der Waals surface area contributed by atoms with Crippen LogP contribution in [0.3, 0.4) is 0 Å². The second-order valence-electron chi connectivity index (χ2n) is 8.41. The molecule has 0 saturated heterocycles. The quantitative estimate of drug-likeness (QED) is 0.382. The summed E-state index contributed by atoms with van der Waals surface area (Å²) in [4.78, 5) is 36.5. The minimum atomic E-state index is -0.476. The van der Waals surface area contributed by atoms with E-state index in [2.05, 4.69) is 5.32 Å². The number of aromatic nitrogens is 1. The summed E-state index contributed by atoms with van der Waals surface area (Å²) in [6, 6.07) is 10.5. The molecule has 1 N–H and O–H groups in total. The molecule has 1 heterocycles. The molecule has 0 unspecified atom stereocenters. The maximum absolute atomic E-state index is 12.3. The number of benzene rings is 2. The first-order valence-electron chi connectivity index (χ1n) is 11.3. The Bertz CT molecular complexity index is 1240. The minimum absolute atomic E-state index is 0.0302. The van der Waals surface area contributed by atoms with E-state index in [-0.39, 0.29) is 11.9 Å². The molecule has 1 aliphatic rings. The van der Waals surface area contributed by atoms with E-state index in [9.17, 15) is 14.4 Å². The molecule has 0 aliphatic heterocycles. The predicted molar refractivity (Wildman–Crippen MR) is 128 cm³/mol. The molecule has 1 amide bonds. The van der Waals surface area contributed by atoms with Crippen molar-refractivity contribution in [2.75, 3.05) is 19.5 Å². The third-order valence-corrected chi connectivity index (χ3v) is 6.13. The highest BCUT2D eigenvalue weighted by Gasteiger charge is 2.20. The molecule has 3 aromatic rings. The van der Waals surface area contributed by atoms with Gasteiger partial charge in [-0.05, 0) is 56.9 Å². The number of amides is 1. The second kappa shape index (κ2) is 9.99. The fourth-order valence-electron chi connectivity index (χ4n) is 4.39. The number of carbonyl (C=O) groups is 3. The van der Waals surface area contributed by atoms with Gasteiger partial charge < -0.3 is 18.8 Å². The van der Waals surface area contributed by atoms with Crippen molar-refractivity contribution in [3.05, 3.63) is 59.3 Å². The molecule has 178 valence electrons. The lowest BCUT2D eigenvalue weighted by Crippen LogP contribution is -2.20. The van der Waals surface area contributed by atoms with Gasteiger partial charge in [0.15, 0.2) is 5.78 Å². The molecule has 0 atom stereocenters. The van der Waals surface area contributed by atoms with Crippen LogP contribution in [-0.2, 0) is 16.0 Å². The van der Waals surface area contributed by atoms with Crippen LogP contribution in [0.4, 0.5) is 10.5 Å². The van der Waals surface area contributed by atoms with Gasteiger partial charge >= 0.3 is 12.1 Å². The van der Waals surface area contributed by atoms with Crippen LogP contribution >= 0.6 is 0 Å². The van der Waals surface area contributed by atoms with Gasteiger partial charge in [0.05, 0.1) is 31.8 Å². The molecule has 34 heavy (non-hydrogen) atoms. The molecule has 8 heteroatoms. The first kappa shape index (κ1) is 23.4. The van der Waals surface area contributed by atoms with Crippen molar-refractivity contribution in [1.29, 1.82) is 0 Å². The Morgan fingerprint density at radius 3 is 2.50 bits per heavy atom. The molecule has 1 aromatic heterocycles. The summed E-state index contributed by atoms with van der Waals surface area (Å²) in [6.45, 7) is 1.92. The topological polar surface area (TPSA) is 95.9 Å². The van der Waals surface area contributed by atoms with E-state index in [1.807, 2.05) is 16.7 Å². The van der Waals surface area contributed by atoms with Gasteiger partial charge in [0.25, 0.3) is 0 Å². The molecule has 4 rings (SSSR count). The highest BCUT2D eigenvalue weighted by molar-refractivity contribution is 6.08. The van der Waals surface area contributed by atoms with E-state index in [1.165, 1.54) is 21.1 Å². The van der Waals surface area contributed by atoms with Crippen LogP contribution in [0.2, 0.25) is 0 Å². The maximum atomic E-state index is 12.3. The van der Waals surface area contributed by atoms with Crippen molar-refractivity contribution >= 4 is 34.4 Å². The van der Waals surface area contributed by atoms with Crippen LogP contribution < -0.4 is 10.1 Å². The van der Waals surface area contributed by atoms with Crippen molar-refractivity contribution in [1.82, 2.24) is 4.57 Å². The number of carbonyl (C=O) groups excluding carboxylic acids is 3. The third-order valence-electron chi connectivity index (χ3n) is 6.13. The van der Waals surface area contributed by atoms with Crippen LogP contribution in [0, 0.1) is 0 Å². The molecular weight excluding hydrogens is 436 g/mol. The van der Waals surface area contributed by atoms with Crippen molar-refractivity contribution in [3.8, 4) is 5.75 Å². The molecule has 1 saturated carbocycles. The third kappa shape index (κ3) is 4.90. The standard InChI is InChI=1S/C26H28N2O6/c1-16(29)22-15-28(14-18-9-8-17(25(30)33-3)12-24(18)32-2)23-13-19(10-11-21(22)23)27-26(31)34-20-6-4-5-7-20/h8-13,15,20H,4-7,14H2,1-3H3,(H,27,31). The van der Waals surface area contributed by atoms with E-state index < -0.39 is 12.1 Å². The number of ether oxygens (including phenoxy) is 3. The van der Waals surface area contributed by atoms with E-state index in [4.69, 9.17) is 14.2 Å². The number of esters is 1. The number of methoxy groups -OCH3 is 2. The van der Waals surface area contributed by atoms with Crippen LogP contribution in [0.15, 0.2) is 42.6 Å². The number of anilines is 1. The van der Waals surface area contributed by atoms with Gasteiger partial charge in [-0.1, -0.05) is 12.1 Å². The number of hydrogen-bond acceptors (Lipinski definition) is 6.